The van der Waals surface area contributed by atoms with Crippen LogP contribution in [0.4, 0.5) is 5.82 Å². The van der Waals surface area contributed by atoms with Crippen LogP contribution in [0, 0.1) is 12.8 Å². The highest BCUT2D eigenvalue weighted by Crippen LogP contribution is 2.25. The molecule has 0 spiro atoms. The van der Waals surface area contributed by atoms with E-state index in [0.717, 1.165) is 58.0 Å². The van der Waals surface area contributed by atoms with Crippen molar-refractivity contribution < 1.29 is 14.1 Å². The molecule has 7 heteroatoms. The molecule has 2 fully saturated rings. The third-order valence-corrected chi connectivity index (χ3v) is 5.28. The lowest BCUT2D eigenvalue weighted by Gasteiger charge is -2.36. The van der Waals surface area contributed by atoms with E-state index in [-0.39, 0.29) is 23.8 Å². The quantitative estimate of drug-likeness (QED) is 0.742. The molecular weight excluding hydrogens is 332 g/mol. The summed E-state index contributed by atoms with van der Waals surface area (Å²) in [5, 5.41) is 9.83. The van der Waals surface area contributed by atoms with Crippen molar-refractivity contribution in [3.05, 3.63) is 11.8 Å². The number of hydrogen-bond donors (Lipinski definition) is 2. The molecule has 1 aromatic heterocycles. The zero-order chi connectivity index (χ0) is 18.5. The predicted octanol–water partition coefficient (Wildman–Crippen LogP) is 2.47. The molecule has 1 aliphatic carbocycles. The molecule has 2 heterocycles. The Bertz CT molecular complexity index is 618. The number of rotatable bonds is 8. The molecule has 3 rings (SSSR count). The Kier molecular flexibility index (Phi) is 6.29. The first kappa shape index (κ1) is 18.9. The van der Waals surface area contributed by atoms with Crippen molar-refractivity contribution in [2.24, 2.45) is 5.92 Å². The Hall–Kier alpha value is -1.89. The molecule has 1 aliphatic heterocycles. The van der Waals surface area contributed by atoms with Gasteiger partial charge in [-0.1, -0.05) is 24.9 Å². The first-order chi connectivity index (χ1) is 12.6. The number of nitrogens with one attached hydrogen (secondary N) is 2. The smallest absolute Gasteiger partial charge is 0.242 e. The number of carbonyl (C=O) groups excluding carboxylic acids is 2. The van der Waals surface area contributed by atoms with Gasteiger partial charge in [0.2, 0.25) is 11.8 Å². The first-order valence-corrected chi connectivity index (χ1v) is 9.85. The molecule has 2 N–H and O–H groups in total. The molecule has 7 nitrogen and oxygen atoms in total. The van der Waals surface area contributed by atoms with Crippen LogP contribution in [0.25, 0.3) is 0 Å². The average molecular weight is 362 g/mol. The molecule has 1 atom stereocenters. The number of unbranched alkanes of at least 4 members (excludes halogenated alkanes) is 1. The number of piperidine rings is 1. The summed E-state index contributed by atoms with van der Waals surface area (Å²) in [7, 11) is 0. The molecule has 2 aliphatic rings. The van der Waals surface area contributed by atoms with Crippen molar-refractivity contribution in [3.63, 3.8) is 0 Å². The fraction of sp³-hybridized carbons (Fsp3) is 0.737. The Morgan fingerprint density at radius 3 is 2.62 bits per heavy atom. The highest BCUT2D eigenvalue weighted by Gasteiger charge is 2.33. The SMILES string of the molecule is CCCCC(C(=O)Nc1cc(C)on1)N1CCC(C(=O)NC2CC2)CC1. The third kappa shape index (κ3) is 5.06. The summed E-state index contributed by atoms with van der Waals surface area (Å²) in [5.41, 5.74) is 0. The van der Waals surface area contributed by atoms with Gasteiger partial charge in [0.1, 0.15) is 5.76 Å². The van der Waals surface area contributed by atoms with Crippen LogP contribution in [-0.2, 0) is 9.59 Å². The van der Waals surface area contributed by atoms with E-state index in [4.69, 9.17) is 4.52 Å². The lowest BCUT2D eigenvalue weighted by atomic mass is 9.93. The Labute approximate surface area is 154 Å². The molecule has 0 bridgehead atoms. The average Bonchev–Trinajstić information content (AvgIpc) is 3.35. The van der Waals surface area contributed by atoms with Gasteiger partial charge in [0, 0.05) is 18.0 Å². The lowest BCUT2D eigenvalue weighted by Crippen LogP contribution is -2.49. The highest BCUT2D eigenvalue weighted by atomic mass is 16.5. The topological polar surface area (TPSA) is 87.5 Å². The van der Waals surface area contributed by atoms with E-state index in [2.05, 4.69) is 27.6 Å². The first-order valence-electron chi connectivity index (χ1n) is 9.85. The molecule has 2 amide bonds. The van der Waals surface area contributed by atoms with E-state index in [0.29, 0.717) is 17.6 Å². The van der Waals surface area contributed by atoms with Gasteiger partial charge in [-0.15, -0.1) is 0 Å². The van der Waals surface area contributed by atoms with Crippen LogP contribution in [0.2, 0.25) is 0 Å². The second-order valence-corrected chi connectivity index (χ2v) is 7.56. The largest absolute Gasteiger partial charge is 0.360 e. The Balaban J connectivity index is 1.55. The maximum atomic E-state index is 12.8. The Morgan fingerprint density at radius 1 is 1.31 bits per heavy atom. The van der Waals surface area contributed by atoms with Crippen molar-refractivity contribution in [1.82, 2.24) is 15.4 Å². The molecule has 0 radical (unpaired) electrons. The van der Waals surface area contributed by atoms with Gasteiger partial charge >= 0.3 is 0 Å². The predicted molar refractivity (Wildman–Crippen MR) is 98.6 cm³/mol. The highest BCUT2D eigenvalue weighted by molar-refractivity contribution is 5.94. The lowest BCUT2D eigenvalue weighted by molar-refractivity contribution is -0.127. The molecule has 0 aromatic carbocycles. The standard InChI is InChI=1S/C19H30N4O3/c1-3-4-5-16(19(25)21-17-12-13(2)26-22-17)23-10-8-14(9-11-23)18(24)20-15-6-7-15/h12,14-16H,3-11H2,1-2H3,(H,20,24)(H,21,22,25). The summed E-state index contributed by atoms with van der Waals surface area (Å²) in [5.74, 6) is 1.38. The summed E-state index contributed by atoms with van der Waals surface area (Å²) in [6.45, 7) is 5.49. The molecular formula is C19H30N4O3. The van der Waals surface area contributed by atoms with Gasteiger partial charge in [0.05, 0.1) is 6.04 Å². The van der Waals surface area contributed by atoms with E-state index in [9.17, 15) is 9.59 Å². The van der Waals surface area contributed by atoms with Crippen molar-refractivity contribution >= 4 is 17.6 Å². The van der Waals surface area contributed by atoms with E-state index < -0.39 is 0 Å². The van der Waals surface area contributed by atoms with Crippen LogP contribution in [-0.4, -0.2) is 47.0 Å². The molecule has 1 aromatic rings. The second-order valence-electron chi connectivity index (χ2n) is 7.56. The monoisotopic (exact) mass is 362 g/mol. The number of aromatic nitrogens is 1. The molecule has 26 heavy (non-hydrogen) atoms. The zero-order valence-electron chi connectivity index (χ0n) is 15.8. The van der Waals surface area contributed by atoms with Crippen molar-refractivity contribution in [2.75, 3.05) is 18.4 Å². The minimum Gasteiger partial charge on any atom is -0.360 e. The number of amides is 2. The molecule has 1 unspecified atom stereocenters. The van der Waals surface area contributed by atoms with Crippen molar-refractivity contribution in [3.8, 4) is 0 Å². The van der Waals surface area contributed by atoms with E-state index >= 15 is 0 Å². The molecule has 144 valence electrons. The van der Waals surface area contributed by atoms with Gasteiger partial charge in [0.15, 0.2) is 5.82 Å². The number of aryl methyl sites for hydroxylation is 1. The van der Waals surface area contributed by atoms with Crippen LogP contribution in [0.3, 0.4) is 0 Å². The minimum atomic E-state index is -0.181. The van der Waals surface area contributed by atoms with Crippen molar-refractivity contribution in [2.45, 2.75) is 70.9 Å². The Morgan fingerprint density at radius 2 is 2.04 bits per heavy atom. The summed E-state index contributed by atoms with van der Waals surface area (Å²) in [6, 6.07) is 1.96. The summed E-state index contributed by atoms with van der Waals surface area (Å²) < 4.78 is 5.03. The number of nitrogens with zero attached hydrogens (tertiary/aromatic N) is 2. The van der Waals surface area contributed by atoms with Crippen molar-refractivity contribution in [1.29, 1.82) is 0 Å². The second kappa shape index (κ2) is 8.66. The van der Waals surface area contributed by atoms with Crippen LogP contribution in [0.15, 0.2) is 10.6 Å². The van der Waals surface area contributed by atoms with Crippen LogP contribution in [0.1, 0.15) is 57.6 Å². The van der Waals surface area contributed by atoms with Gasteiger partial charge in [-0.2, -0.15) is 0 Å². The number of carbonyl (C=O) groups is 2. The van der Waals surface area contributed by atoms with Gasteiger partial charge in [-0.25, -0.2) is 0 Å². The maximum absolute atomic E-state index is 12.8. The van der Waals surface area contributed by atoms with Crippen LogP contribution >= 0.6 is 0 Å². The fourth-order valence-corrected chi connectivity index (χ4v) is 3.53. The fourth-order valence-electron chi connectivity index (χ4n) is 3.53. The number of likely N-dealkylation sites (tertiary alicyclic amines) is 1. The molecule has 1 saturated carbocycles. The van der Waals surface area contributed by atoms with Crippen LogP contribution < -0.4 is 10.6 Å². The van der Waals surface area contributed by atoms with E-state index in [1.165, 1.54) is 0 Å². The van der Waals surface area contributed by atoms with Crippen LogP contribution in [0.5, 0.6) is 0 Å². The molecule has 1 saturated heterocycles. The van der Waals surface area contributed by atoms with Gasteiger partial charge in [-0.05, 0) is 52.1 Å². The number of hydrogen-bond acceptors (Lipinski definition) is 5. The zero-order valence-corrected chi connectivity index (χ0v) is 15.8. The normalized spacial score (nSPS) is 19.9. The number of anilines is 1. The van der Waals surface area contributed by atoms with E-state index in [1.54, 1.807) is 13.0 Å². The summed E-state index contributed by atoms with van der Waals surface area (Å²) in [4.78, 5) is 27.3. The third-order valence-electron chi connectivity index (χ3n) is 5.28. The van der Waals surface area contributed by atoms with Gasteiger partial charge < -0.3 is 15.2 Å². The summed E-state index contributed by atoms with van der Waals surface area (Å²) >= 11 is 0. The minimum absolute atomic E-state index is 0.0346. The van der Waals surface area contributed by atoms with E-state index in [1.807, 2.05) is 0 Å². The van der Waals surface area contributed by atoms with Gasteiger partial charge in [-0.3, -0.25) is 14.5 Å². The maximum Gasteiger partial charge on any atom is 0.242 e. The van der Waals surface area contributed by atoms with Gasteiger partial charge in [0.25, 0.3) is 0 Å². The summed E-state index contributed by atoms with van der Waals surface area (Å²) in [6.07, 6.45) is 6.73.